The molecule has 1 aromatic rings. The monoisotopic (exact) mass is 166 g/mol. The molecule has 1 rings (SSSR count). The van der Waals surface area contributed by atoms with Crippen LogP contribution in [0.25, 0.3) is 0 Å². The number of aliphatic hydroxyl groups is 1. The summed E-state index contributed by atoms with van der Waals surface area (Å²) >= 11 is 0. The summed E-state index contributed by atoms with van der Waals surface area (Å²) in [6, 6.07) is 0. The van der Waals surface area contributed by atoms with Gasteiger partial charge in [-0.05, 0) is 6.92 Å². The molecule has 1 unspecified atom stereocenters. The van der Waals surface area contributed by atoms with Crippen molar-refractivity contribution in [1.82, 2.24) is 10.2 Å². The zero-order chi connectivity index (χ0) is 9.03. The molecule has 12 heavy (non-hydrogen) atoms. The molecular formula is C8H10N2O2. The minimum absolute atomic E-state index is 0.128. The number of nitrogens with zero attached hydrogens (tertiary/aromatic N) is 2. The predicted octanol–water partition coefficient (Wildman–Crippen LogP) is 0.690. The van der Waals surface area contributed by atoms with E-state index in [9.17, 15) is 5.11 Å². The Morgan fingerprint density at radius 3 is 3.00 bits per heavy atom. The van der Waals surface area contributed by atoms with E-state index in [-0.39, 0.29) is 5.89 Å². The first-order valence-corrected chi connectivity index (χ1v) is 3.66. The summed E-state index contributed by atoms with van der Waals surface area (Å²) in [4.78, 5) is 0. The van der Waals surface area contributed by atoms with Gasteiger partial charge in [0, 0.05) is 6.42 Å². The van der Waals surface area contributed by atoms with Crippen LogP contribution in [0.5, 0.6) is 0 Å². The van der Waals surface area contributed by atoms with E-state index < -0.39 is 5.60 Å². The van der Waals surface area contributed by atoms with Crippen LogP contribution >= 0.6 is 0 Å². The van der Waals surface area contributed by atoms with Gasteiger partial charge in [-0.3, -0.25) is 0 Å². The highest BCUT2D eigenvalue weighted by molar-refractivity contribution is 5.16. The van der Waals surface area contributed by atoms with E-state index in [1.807, 2.05) is 6.92 Å². The molecule has 1 aromatic heterocycles. The van der Waals surface area contributed by atoms with Crippen molar-refractivity contribution in [2.75, 3.05) is 0 Å². The van der Waals surface area contributed by atoms with Crippen molar-refractivity contribution in [2.24, 2.45) is 0 Å². The van der Waals surface area contributed by atoms with Crippen LogP contribution in [0.3, 0.4) is 0 Å². The molecule has 0 fully saturated rings. The summed E-state index contributed by atoms with van der Waals surface area (Å²) in [5, 5.41) is 16.7. The van der Waals surface area contributed by atoms with Crippen LogP contribution < -0.4 is 0 Å². The third-order valence-corrected chi connectivity index (χ3v) is 1.29. The van der Waals surface area contributed by atoms with Gasteiger partial charge >= 0.3 is 0 Å². The lowest BCUT2D eigenvalue weighted by atomic mass is 10.1. The largest absolute Gasteiger partial charge is 0.424 e. The number of hydrogen-bond acceptors (Lipinski definition) is 4. The fourth-order valence-corrected chi connectivity index (χ4v) is 0.699. The van der Waals surface area contributed by atoms with Gasteiger partial charge in [-0.1, -0.05) is 12.8 Å². The molecule has 1 heterocycles. The summed E-state index contributed by atoms with van der Waals surface area (Å²) < 4.78 is 4.82. The lowest BCUT2D eigenvalue weighted by Crippen LogP contribution is -2.18. The Morgan fingerprint density at radius 1 is 1.75 bits per heavy atom. The fourth-order valence-electron chi connectivity index (χ4n) is 0.699. The summed E-state index contributed by atoms with van der Waals surface area (Å²) in [7, 11) is 0. The standard InChI is InChI=1S/C8H10N2O2/c1-3-4-5-8(2,11)7-10-9-6-12-7/h6,11H,3H2,1-2H3. The molecule has 0 saturated heterocycles. The molecule has 0 radical (unpaired) electrons. The molecule has 0 aliphatic heterocycles. The van der Waals surface area contributed by atoms with Gasteiger partial charge in [-0.25, -0.2) is 0 Å². The predicted molar refractivity (Wildman–Crippen MR) is 41.9 cm³/mol. The van der Waals surface area contributed by atoms with Crippen molar-refractivity contribution < 1.29 is 9.52 Å². The molecule has 0 bridgehead atoms. The molecule has 1 N–H and O–H groups in total. The highest BCUT2D eigenvalue weighted by Crippen LogP contribution is 2.15. The van der Waals surface area contributed by atoms with Gasteiger partial charge in [0.15, 0.2) is 0 Å². The Morgan fingerprint density at radius 2 is 2.50 bits per heavy atom. The summed E-state index contributed by atoms with van der Waals surface area (Å²) in [5.74, 6) is 5.50. The Labute approximate surface area is 70.6 Å². The van der Waals surface area contributed by atoms with Crippen LogP contribution in [-0.4, -0.2) is 15.3 Å². The van der Waals surface area contributed by atoms with Crippen molar-refractivity contribution in [1.29, 1.82) is 0 Å². The Hall–Kier alpha value is -1.34. The Kier molecular flexibility index (Phi) is 2.46. The van der Waals surface area contributed by atoms with Gasteiger partial charge in [0.2, 0.25) is 12.0 Å². The number of hydrogen-bond donors (Lipinski definition) is 1. The van der Waals surface area contributed by atoms with Gasteiger partial charge in [0.25, 0.3) is 5.89 Å². The second-order valence-electron chi connectivity index (χ2n) is 2.47. The molecule has 0 aliphatic carbocycles. The third-order valence-electron chi connectivity index (χ3n) is 1.29. The highest BCUT2D eigenvalue weighted by atomic mass is 16.4. The maximum absolute atomic E-state index is 9.64. The number of aromatic nitrogens is 2. The fraction of sp³-hybridized carbons (Fsp3) is 0.500. The zero-order valence-electron chi connectivity index (χ0n) is 7.03. The summed E-state index contributed by atoms with van der Waals surface area (Å²) in [6.07, 6.45) is 1.85. The van der Waals surface area contributed by atoms with Crippen LogP contribution in [0, 0.1) is 11.8 Å². The minimum Gasteiger partial charge on any atom is -0.424 e. The lowest BCUT2D eigenvalue weighted by molar-refractivity contribution is 0.0890. The van der Waals surface area contributed by atoms with Gasteiger partial charge in [-0.15, -0.1) is 16.1 Å². The SMILES string of the molecule is CCC#CC(C)(O)c1nnco1. The second kappa shape index (κ2) is 3.37. The van der Waals surface area contributed by atoms with Crippen LogP contribution in [0.1, 0.15) is 26.2 Å². The van der Waals surface area contributed by atoms with Gasteiger partial charge < -0.3 is 9.52 Å². The van der Waals surface area contributed by atoms with Gasteiger partial charge in [0.05, 0.1) is 0 Å². The molecule has 4 nitrogen and oxygen atoms in total. The first-order valence-electron chi connectivity index (χ1n) is 3.66. The topological polar surface area (TPSA) is 59.2 Å². The van der Waals surface area contributed by atoms with Gasteiger partial charge in [-0.2, -0.15) is 0 Å². The van der Waals surface area contributed by atoms with Crippen molar-refractivity contribution in [3.05, 3.63) is 12.3 Å². The Bertz CT molecular complexity index is 293. The van der Waals surface area contributed by atoms with Gasteiger partial charge in [0.1, 0.15) is 0 Å². The van der Waals surface area contributed by atoms with Crippen molar-refractivity contribution in [3.63, 3.8) is 0 Å². The summed E-state index contributed by atoms with van der Waals surface area (Å²) in [6.45, 7) is 3.42. The maximum Gasteiger partial charge on any atom is 0.260 e. The Balaban J connectivity index is 2.86. The van der Waals surface area contributed by atoms with Crippen LogP contribution in [0.4, 0.5) is 0 Å². The maximum atomic E-state index is 9.64. The number of rotatable bonds is 1. The molecule has 4 heteroatoms. The van der Waals surface area contributed by atoms with E-state index in [0.717, 1.165) is 6.39 Å². The molecule has 0 saturated carbocycles. The highest BCUT2D eigenvalue weighted by Gasteiger charge is 2.25. The van der Waals surface area contributed by atoms with Crippen molar-refractivity contribution in [3.8, 4) is 11.8 Å². The van der Waals surface area contributed by atoms with E-state index in [1.54, 1.807) is 0 Å². The molecule has 1 atom stereocenters. The first-order chi connectivity index (χ1) is 5.67. The first kappa shape index (κ1) is 8.75. The van der Waals surface area contributed by atoms with Crippen molar-refractivity contribution in [2.45, 2.75) is 25.9 Å². The molecule has 64 valence electrons. The third kappa shape index (κ3) is 1.83. The van der Waals surface area contributed by atoms with Crippen LogP contribution in [-0.2, 0) is 5.60 Å². The molecule has 0 spiro atoms. The van der Waals surface area contributed by atoms with E-state index >= 15 is 0 Å². The van der Waals surface area contributed by atoms with Crippen LogP contribution in [0.2, 0.25) is 0 Å². The lowest BCUT2D eigenvalue weighted by Gasteiger charge is -2.09. The second-order valence-corrected chi connectivity index (χ2v) is 2.47. The average Bonchev–Trinajstić information content (AvgIpc) is 2.53. The average molecular weight is 166 g/mol. The van der Waals surface area contributed by atoms with E-state index in [2.05, 4.69) is 22.0 Å². The van der Waals surface area contributed by atoms with E-state index in [1.165, 1.54) is 6.92 Å². The zero-order valence-corrected chi connectivity index (χ0v) is 7.03. The quantitative estimate of drug-likeness (QED) is 0.623. The normalized spacial score (nSPS) is 14.6. The van der Waals surface area contributed by atoms with Crippen LogP contribution in [0.15, 0.2) is 10.8 Å². The van der Waals surface area contributed by atoms with E-state index in [0.29, 0.717) is 6.42 Å². The molecular weight excluding hydrogens is 156 g/mol. The minimum atomic E-state index is -1.33. The summed E-state index contributed by atoms with van der Waals surface area (Å²) in [5.41, 5.74) is -1.33. The molecule has 0 aliphatic rings. The molecule has 0 amide bonds. The molecule has 0 aromatic carbocycles. The van der Waals surface area contributed by atoms with Crippen molar-refractivity contribution >= 4 is 0 Å². The van der Waals surface area contributed by atoms with E-state index in [4.69, 9.17) is 4.42 Å². The smallest absolute Gasteiger partial charge is 0.260 e.